The molecule has 3 rings (SSSR count). The molecule has 6 nitrogen and oxygen atoms in total. The third kappa shape index (κ3) is 3.21. The fourth-order valence-corrected chi connectivity index (χ4v) is 3.12. The van der Waals surface area contributed by atoms with E-state index in [9.17, 15) is 14.4 Å². The number of carboxylic acid groups (broad SMARTS) is 1. The smallest absolute Gasteiger partial charge is 0.316 e. The molecule has 1 aliphatic carbocycles. The molecule has 1 unspecified atom stereocenters. The normalized spacial score (nSPS) is 19.9. The zero-order chi connectivity index (χ0) is 16.6. The third-order valence-electron chi connectivity index (χ3n) is 4.65. The van der Waals surface area contributed by atoms with Gasteiger partial charge in [-0.25, -0.2) is 0 Å². The Hall–Kier alpha value is -2.37. The summed E-state index contributed by atoms with van der Waals surface area (Å²) in [6, 6.07) is 7.39. The first-order chi connectivity index (χ1) is 11.0. The molecule has 2 fully saturated rings. The summed E-state index contributed by atoms with van der Waals surface area (Å²) in [6.45, 7) is 0.984. The van der Waals surface area contributed by atoms with Gasteiger partial charge in [-0.3, -0.25) is 14.4 Å². The number of carbonyl (C=O) groups is 3. The van der Waals surface area contributed by atoms with Crippen molar-refractivity contribution in [3.05, 3.63) is 29.8 Å². The van der Waals surface area contributed by atoms with Gasteiger partial charge < -0.3 is 14.9 Å². The molecule has 2 amide bonds. The van der Waals surface area contributed by atoms with E-state index in [0.717, 1.165) is 18.4 Å². The van der Waals surface area contributed by atoms with Gasteiger partial charge in [-0.1, -0.05) is 12.1 Å². The van der Waals surface area contributed by atoms with Crippen LogP contribution >= 0.6 is 0 Å². The SMILES string of the molecule is CN1CCN(c2ccc(C(CC(=O)O)C3CC3)cc2)C(=O)C1=O. The molecule has 0 aromatic heterocycles. The van der Waals surface area contributed by atoms with Crippen LogP contribution in [0.25, 0.3) is 0 Å². The van der Waals surface area contributed by atoms with Crippen LogP contribution in [0.5, 0.6) is 0 Å². The zero-order valence-electron chi connectivity index (χ0n) is 13.1. The van der Waals surface area contributed by atoms with E-state index in [4.69, 9.17) is 5.11 Å². The number of amides is 2. The Balaban J connectivity index is 1.77. The highest BCUT2D eigenvalue weighted by molar-refractivity contribution is 6.40. The fraction of sp³-hybridized carbons (Fsp3) is 0.471. The third-order valence-corrected chi connectivity index (χ3v) is 4.65. The minimum Gasteiger partial charge on any atom is -0.481 e. The molecule has 0 spiro atoms. The van der Waals surface area contributed by atoms with Crippen molar-refractivity contribution in [2.45, 2.75) is 25.2 Å². The van der Waals surface area contributed by atoms with Crippen molar-refractivity contribution in [2.75, 3.05) is 25.0 Å². The Morgan fingerprint density at radius 3 is 2.39 bits per heavy atom. The molecule has 1 saturated heterocycles. The predicted molar refractivity (Wildman–Crippen MR) is 84.1 cm³/mol. The molecule has 0 bridgehead atoms. The summed E-state index contributed by atoms with van der Waals surface area (Å²) < 4.78 is 0. The Kier molecular flexibility index (Phi) is 4.07. The lowest BCUT2D eigenvalue weighted by atomic mass is 9.91. The maximum atomic E-state index is 12.1. The van der Waals surface area contributed by atoms with Crippen molar-refractivity contribution >= 4 is 23.5 Å². The summed E-state index contributed by atoms with van der Waals surface area (Å²) in [5.41, 5.74) is 1.68. The summed E-state index contributed by atoms with van der Waals surface area (Å²) in [6.07, 6.45) is 2.28. The molecule has 0 radical (unpaired) electrons. The monoisotopic (exact) mass is 316 g/mol. The van der Waals surface area contributed by atoms with Gasteiger partial charge in [-0.05, 0) is 42.4 Å². The van der Waals surface area contributed by atoms with Crippen LogP contribution in [0.4, 0.5) is 5.69 Å². The van der Waals surface area contributed by atoms with E-state index in [1.165, 1.54) is 9.80 Å². The van der Waals surface area contributed by atoms with Gasteiger partial charge in [0.2, 0.25) is 0 Å². The number of aliphatic carboxylic acids is 1. The van der Waals surface area contributed by atoms with Crippen LogP contribution < -0.4 is 4.90 Å². The number of hydrogen-bond acceptors (Lipinski definition) is 3. The number of carbonyl (C=O) groups excluding carboxylic acids is 2. The topological polar surface area (TPSA) is 77.9 Å². The number of piperazine rings is 1. The largest absolute Gasteiger partial charge is 0.481 e. The van der Waals surface area contributed by atoms with Crippen molar-refractivity contribution in [1.29, 1.82) is 0 Å². The van der Waals surface area contributed by atoms with Gasteiger partial charge in [0.05, 0.1) is 6.42 Å². The number of carboxylic acids is 1. The minimum absolute atomic E-state index is 0.0337. The highest BCUT2D eigenvalue weighted by atomic mass is 16.4. The van der Waals surface area contributed by atoms with E-state index in [1.807, 2.05) is 24.3 Å². The van der Waals surface area contributed by atoms with Crippen molar-refractivity contribution in [3.8, 4) is 0 Å². The van der Waals surface area contributed by atoms with E-state index in [0.29, 0.717) is 24.7 Å². The molecule has 23 heavy (non-hydrogen) atoms. The average Bonchev–Trinajstić information content (AvgIpc) is 3.35. The Labute approximate surface area is 134 Å². The van der Waals surface area contributed by atoms with Gasteiger partial charge in [0.15, 0.2) is 0 Å². The highest BCUT2D eigenvalue weighted by Crippen LogP contribution is 2.44. The summed E-state index contributed by atoms with van der Waals surface area (Å²) in [5.74, 6) is -1.32. The second-order valence-electron chi connectivity index (χ2n) is 6.32. The first kappa shape index (κ1) is 15.5. The molecule has 1 heterocycles. The molecule has 1 aromatic rings. The Morgan fingerprint density at radius 1 is 1.17 bits per heavy atom. The summed E-state index contributed by atoms with van der Waals surface area (Å²) in [5, 5.41) is 9.07. The number of anilines is 1. The molecular formula is C17H20N2O4. The van der Waals surface area contributed by atoms with Crippen LogP contribution in [0.3, 0.4) is 0 Å². The quantitative estimate of drug-likeness (QED) is 0.834. The first-order valence-electron chi connectivity index (χ1n) is 7.86. The van der Waals surface area contributed by atoms with Crippen molar-refractivity contribution < 1.29 is 19.5 Å². The summed E-state index contributed by atoms with van der Waals surface area (Å²) >= 11 is 0. The lowest BCUT2D eigenvalue weighted by Gasteiger charge is -2.31. The minimum atomic E-state index is -0.786. The van der Waals surface area contributed by atoms with Gasteiger partial charge in [-0.15, -0.1) is 0 Å². The van der Waals surface area contributed by atoms with Gasteiger partial charge >= 0.3 is 17.8 Å². The molecule has 122 valence electrons. The van der Waals surface area contributed by atoms with Crippen LogP contribution in [0, 0.1) is 5.92 Å². The van der Waals surface area contributed by atoms with Crippen molar-refractivity contribution in [1.82, 2.24) is 4.90 Å². The molecule has 1 aromatic carbocycles. The number of rotatable bonds is 5. The maximum absolute atomic E-state index is 12.1. The number of benzene rings is 1. The van der Waals surface area contributed by atoms with Crippen molar-refractivity contribution in [2.24, 2.45) is 5.92 Å². The van der Waals surface area contributed by atoms with E-state index in [2.05, 4.69) is 0 Å². The standard InChI is InChI=1S/C17H20N2O4/c1-18-8-9-19(17(23)16(18)22)13-6-4-12(5-7-13)14(10-15(20)21)11-2-3-11/h4-7,11,14H,2-3,8-10H2,1H3,(H,20,21). The number of nitrogens with zero attached hydrogens (tertiary/aromatic N) is 2. The molecule has 1 aliphatic heterocycles. The van der Waals surface area contributed by atoms with Crippen LogP contribution in [0.2, 0.25) is 0 Å². The molecular weight excluding hydrogens is 296 g/mol. The maximum Gasteiger partial charge on any atom is 0.316 e. The molecule has 2 aliphatic rings. The van der Waals surface area contributed by atoms with Crippen LogP contribution in [0.1, 0.15) is 30.7 Å². The van der Waals surface area contributed by atoms with Crippen molar-refractivity contribution in [3.63, 3.8) is 0 Å². The molecule has 6 heteroatoms. The van der Waals surface area contributed by atoms with Crippen LogP contribution in [-0.2, 0) is 14.4 Å². The van der Waals surface area contributed by atoms with E-state index < -0.39 is 17.8 Å². The van der Waals surface area contributed by atoms with Crippen LogP contribution in [0.15, 0.2) is 24.3 Å². The number of hydrogen-bond donors (Lipinski definition) is 1. The Bertz CT molecular complexity index is 636. The summed E-state index contributed by atoms with van der Waals surface area (Å²) in [7, 11) is 1.62. The zero-order valence-corrected chi connectivity index (χ0v) is 13.1. The highest BCUT2D eigenvalue weighted by Gasteiger charge is 2.34. The van der Waals surface area contributed by atoms with Gasteiger partial charge in [0, 0.05) is 25.8 Å². The van der Waals surface area contributed by atoms with E-state index in [-0.39, 0.29) is 12.3 Å². The van der Waals surface area contributed by atoms with E-state index >= 15 is 0 Å². The predicted octanol–water partition coefficient (Wildman–Crippen LogP) is 1.46. The van der Waals surface area contributed by atoms with E-state index in [1.54, 1.807) is 7.05 Å². The summed E-state index contributed by atoms with van der Waals surface area (Å²) in [4.78, 5) is 37.8. The van der Waals surface area contributed by atoms with Gasteiger partial charge in [-0.2, -0.15) is 0 Å². The molecule has 1 atom stereocenters. The first-order valence-corrected chi connectivity index (χ1v) is 7.86. The Morgan fingerprint density at radius 2 is 1.83 bits per heavy atom. The number of likely N-dealkylation sites (N-methyl/N-ethyl adjacent to an activating group) is 1. The van der Waals surface area contributed by atoms with Gasteiger partial charge in [0.25, 0.3) is 0 Å². The average molecular weight is 316 g/mol. The van der Waals surface area contributed by atoms with Gasteiger partial charge in [0.1, 0.15) is 0 Å². The fourth-order valence-electron chi connectivity index (χ4n) is 3.12. The lowest BCUT2D eigenvalue weighted by Crippen LogP contribution is -2.53. The molecule has 1 saturated carbocycles. The second-order valence-corrected chi connectivity index (χ2v) is 6.32. The second kappa shape index (κ2) is 6.02. The molecule has 1 N–H and O–H groups in total. The lowest BCUT2D eigenvalue weighted by molar-refractivity contribution is -0.145. The van der Waals surface area contributed by atoms with Crippen LogP contribution in [-0.4, -0.2) is 47.9 Å².